The van der Waals surface area contributed by atoms with Gasteiger partial charge >= 0.3 is 11.9 Å². The molecule has 10 heteroatoms. The highest BCUT2D eigenvalue weighted by atomic mass is 31.2. The van der Waals surface area contributed by atoms with Gasteiger partial charge in [-0.2, -0.15) is 0 Å². The number of benzene rings is 3. The lowest BCUT2D eigenvalue weighted by molar-refractivity contribution is -0.140. The standard InChI is InChI=1S/C56H61N4O5P/c1-10-43-34(2)45-33-50-52(39(7)65-29-20-30-66(40-21-14-11-15-22-40,41-23-16-12-17-24-41)42-25-18-13-19-26-42)36(4)47(58-50)31-46-35(3)44(27-28-51(61)63-8)54(59-46)38(6)55-53(56(62)64-9)37(5)48(60-55)32-49(43)57-45/h11-19,21-26,31-33,35,39,44H,10,20,27-30H2,1-9H3,(H-,57,58,59,60,62)/p+1/t35-,39?,44-/m0/s1. The SMILES string of the molecule is CCc1c(C)c2cc3[nH]c(cc4nc(c(C)c5nc(cc1[nH]2)C(C)=C5C(=O)OC)[C@@H](CCC(=O)OC)[C@@H]4C)c(C)c3C(C)OCCC[P+](c1ccccc1)(c1ccccc1)c1ccccc1. The molecule has 0 saturated heterocycles. The molecule has 3 atom stereocenters. The zero-order valence-corrected chi connectivity index (χ0v) is 40.6. The molecule has 1 unspecified atom stereocenters. The predicted octanol–water partition coefficient (Wildman–Crippen LogP) is 11.2. The summed E-state index contributed by atoms with van der Waals surface area (Å²) in [6.45, 7) is 15.3. The maximum Gasteiger partial charge on any atom is 0.340 e. The van der Waals surface area contributed by atoms with Crippen molar-refractivity contribution in [2.24, 2.45) is 0 Å². The molecule has 2 aliphatic heterocycles. The van der Waals surface area contributed by atoms with E-state index >= 15 is 0 Å². The van der Waals surface area contributed by atoms with Crippen LogP contribution in [0.4, 0.5) is 0 Å². The van der Waals surface area contributed by atoms with Crippen LogP contribution in [0.1, 0.15) is 115 Å². The van der Waals surface area contributed by atoms with Crippen LogP contribution in [0.3, 0.4) is 0 Å². The molecule has 0 fully saturated rings. The minimum Gasteiger partial charge on any atom is -0.469 e. The minimum atomic E-state index is -2.01. The van der Waals surface area contributed by atoms with E-state index < -0.39 is 13.2 Å². The smallest absolute Gasteiger partial charge is 0.340 e. The zero-order chi connectivity index (χ0) is 46.7. The number of ether oxygens (including phenoxy) is 3. The number of hydrogen-bond donors (Lipinski definition) is 2. The minimum absolute atomic E-state index is 0.0476. The highest BCUT2D eigenvalue weighted by Gasteiger charge is 2.44. The fraction of sp³-hybridized carbons (Fsp3) is 0.321. The first kappa shape index (κ1) is 46.4. The summed E-state index contributed by atoms with van der Waals surface area (Å²) in [4.78, 5) is 44.1. The topological polar surface area (TPSA) is 119 Å². The average molecular weight is 902 g/mol. The van der Waals surface area contributed by atoms with Crippen LogP contribution >= 0.6 is 7.26 Å². The van der Waals surface area contributed by atoms with E-state index in [0.717, 1.165) is 80.3 Å². The molecule has 0 amide bonds. The van der Waals surface area contributed by atoms with E-state index in [2.05, 4.69) is 148 Å². The second kappa shape index (κ2) is 19.8. The van der Waals surface area contributed by atoms with Crippen LogP contribution in [0.25, 0.3) is 33.2 Å². The Balaban J connectivity index is 1.26. The predicted molar refractivity (Wildman–Crippen MR) is 270 cm³/mol. The Labute approximate surface area is 389 Å². The van der Waals surface area contributed by atoms with Crippen molar-refractivity contribution in [3.63, 3.8) is 0 Å². The Kier molecular flexibility index (Phi) is 13.9. The van der Waals surface area contributed by atoms with Crippen molar-refractivity contribution >= 4 is 68.3 Å². The van der Waals surface area contributed by atoms with Crippen molar-refractivity contribution < 1.29 is 23.8 Å². The second-order valence-electron chi connectivity index (χ2n) is 17.6. The molecule has 3 aromatic heterocycles. The maximum absolute atomic E-state index is 13.5. The van der Waals surface area contributed by atoms with Crippen LogP contribution in [0, 0.1) is 20.8 Å². The van der Waals surface area contributed by atoms with Crippen LogP contribution in [0.2, 0.25) is 0 Å². The maximum atomic E-state index is 13.5. The number of nitrogens with one attached hydrogen (secondary N) is 2. The van der Waals surface area contributed by atoms with Gasteiger partial charge in [-0.25, -0.2) is 9.78 Å². The van der Waals surface area contributed by atoms with Gasteiger partial charge in [0.1, 0.15) is 23.2 Å². The summed E-state index contributed by atoms with van der Waals surface area (Å²) in [6, 6.07) is 39.5. The molecule has 8 rings (SSSR count). The number of H-pyrrole nitrogens is 2. The fourth-order valence-corrected chi connectivity index (χ4v) is 14.6. The molecule has 8 bridgehead atoms. The molecule has 6 aromatic rings. The van der Waals surface area contributed by atoms with Crippen LogP contribution in [-0.4, -0.2) is 58.9 Å². The van der Waals surface area contributed by atoms with Crippen LogP contribution in [0.5, 0.6) is 0 Å². The number of fused-ring (bicyclic) bond motifs is 8. The Hall–Kier alpha value is -6.15. The summed E-state index contributed by atoms with van der Waals surface area (Å²) in [5.74, 6) is -0.895. The van der Waals surface area contributed by atoms with Gasteiger partial charge in [0, 0.05) is 63.7 Å². The lowest BCUT2D eigenvalue weighted by atomic mass is 9.85. The number of hydrogen-bond acceptors (Lipinski definition) is 7. The van der Waals surface area contributed by atoms with Gasteiger partial charge in [0.15, 0.2) is 0 Å². The number of carbonyl (C=O) groups excluding carboxylic acids is 2. The van der Waals surface area contributed by atoms with E-state index in [4.69, 9.17) is 24.2 Å². The number of aromatic nitrogens is 4. The third-order valence-electron chi connectivity index (χ3n) is 14.0. The Morgan fingerprint density at radius 1 is 0.727 bits per heavy atom. The molecule has 66 heavy (non-hydrogen) atoms. The van der Waals surface area contributed by atoms with E-state index in [0.29, 0.717) is 30.0 Å². The molecule has 0 radical (unpaired) electrons. The molecule has 0 spiro atoms. The number of carbonyl (C=O) groups is 2. The first-order chi connectivity index (χ1) is 31.9. The van der Waals surface area contributed by atoms with Gasteiger partial charge in [0.25, 0.3) is 0 Å². The Morgan fingerprint density at radius 3 is 1.89 bits per heavy atom. The van der Waals surface area contributed by atoms with Crippen molar-refractivity contribution in [3.8, 4) is 0 Å². The molecule has 0 saturated carbocycles. The molecule has 340 valence electrons. The van der Waals surface area contributed by atoms with Gasteiger partial charge in [-0.05, 0) is 130 Å². The number of methoxy groups -OCH3 is 2. The Morgan fingerprint density at radius 2 is 1.32 bits per heavy atom. The van der Waals surface area contributed by atoms with Gasteiger partial charge in [-0.3, -0.25) is 9.78 Å². The Bertz CT molecular complexity index is 2860. The van der Waals surface area contributed by atoms with E-state index in [-0.39, 0.29) is 30.3 Å². The summed E-state index contributed by atoms with van der Waals surface area (Å²) in [6.07, 6.45) is 3.16. The fourth-order valence-electron chi connectivity index (χ4n) is 10.3. The highest BCUT2D eigenvalue weighted by Crippen LogP contribution is 2.56. The average Bonchev–Trinajstić information content (AvgIpc) is 4.04. The third kappa shape index (κ3) is 8.67. The van der Waals surface area contributed by atoms with Crippen molar-refractivity contribution in [3.05, 3.63) is 160 Å². The van der Waals surface area contributed by atoms with Gasteiger partial charge < -0.3 is 24.2 Å². The first-order valence-electron chi connectivity index (χ1n) is 23.2. The van der Waals surface area contributed by atoms with E-state index in [9.17, 15) is 9.59 Å². The molecule has 9 nitrogen and oxygen atoms in total. The summed E-state index contributed by atoms with van der Waals surface area (Å²) in [5, 5.41) is 4.10. The number of esters is 2. The largest absolute Gasteiger partial charge is 0.469 e. The monoisotopic (exact) mass is 901 g/mol. The van der Waals surface area contributed by atoms with Crippen molar-refractivity contribution in [2.45, 2.75) is 92.1 Å². The van der Waals surface area contributed by atoms with Crippen molar-refractivity contribution in [2.75, 3.05) is 27.0 Å². The zero-order valence-electron chi connectivity index (χ0n) is 39.7. The van der Waals surface area contributed by atoms with Crippen LogP contribution < -0.4 is 15.9 Å². The number of aryl methyl sites for hydroxylation is 3. The van der Waals surface area contributed by atoms with Gasteiger partial charge in [0.05, 0.1) is 50.1 Å². The van der Waals surface area contributed by atoms with Gasteiger partial charge in [-0.15, -0.1) is 0 Å². The molecule has 2 N–H and O–H groups in total. The molecule has 2 aliphatic rings. The van der Waals surface area contributed by atoms with E-state index in [1.165, 1.54) is 35.7 Å². The number of allylic oxidation sites excluding steroid dienone is 1. The quantitative estimate of drug-likeness (QED) is 0.0635. The second-order valence-corrected chi connectivity index (χ2v) is 21.3. The molecular formula is C56H62N4O5P+. The number of rotatable bonds is 14. The van der Waals surface area contributed by atoms with E-state index in [1.807, 2.05) is 19.9 Å². The third-order valence-corrected chi connectivity index (χ3v) is 18.5. The van der Waals surface area contributed by atoms with Crippen molar-refractivity contribution in [1.82, 2.24) is 19.9 Å². The summed E-state index contributed by atoms with van der Waals surface area (Å²) in [7, 11) is 0.803. The number of aromatic amines is 2. The lowest BCUT2D eigenvalue weighted by Gasteiger charge is -2.28. The number of nitrogens with zero attached hydrogens (tertiary/aromatic N) is 2. The van der Waals surface area contributed by atoms with Crippen molar-refractivity contribution in [1.29, 1.82) is 0 Å². The molecule has 5 heterocycles. The highest BCUT2D eigenvalue weighted by molar-refractivity contribution is 7.95. The molecule has 0 aliphatic carbocycles. The van der Waals surface area contributed by atoms with Crippen LogP contribution in [-0.2, 0) is 30.2 Å². The summed E-state index contributed by atoms with van der Waals surface area (Å²) >= 11 is 0. The lowest BCUT2D eigenvalue weighted by Crippen LogP contribution is -2.33. The van der Waals surface area contributed by atoms with E-state index in [1.54, 1.807) is 0 Å². The van der Waals surface area contributed by atoms with Crippen LogP contribution in [0.15, 0.2) is 109 Å². The normalized spacial score (nSPS) is 15.5. The summed E-state index contributed by atoms with van der Waals surface area (Å²) < 4.78 is 17.4. The molecule has 3 aromatic carbocycles. The first-order valence-corrected chi connectivity index (χ1v) is 25.2. The summed E-state index contributed by atoms with van der Waals surface area (Å²) in [5.41, 5.74) is 13.2. The van der Waals surface area contributed by atoms with Gasteiger partial charge in [0.2, 0.25) is 0 Å². The molecular weight excluding hydrogens is 840 g/mol. The van der Waals surface area contributed by atoms with Gasteiger partial charge in [-0.1, -0.05) is 68.4 Å².